The molecule has 0 saturated carbocycles. The minimum Gasteiger partial charge on any atom is -0.398 e. The fraction of sp³-hybridized carbons (Fsp3) is 0.273. The number of nitrogen functional groups attached to an aromatic ring is 1. The first-order valence-electron chi connectivity index (χ1n) is 5.08. The zero-order chi connectivity index (χ0) is 13.0. The van der Waals surface area contributed by atoms with Crippen LogP contribution in [0.4, 0.5) is 5.69 Å². The van der Waals surface area contributed by atoms with Crippen molar-refractivity contribution in [3.8, 4) is 0 Å². The van der Waals surface area contributed by atoms with Gasteiger partial charge in [0.25, 0.3) is 5.91 Å². The van der Waals surface area contributed by atoms with E-state index in [1.54, 1.807) is 25.1 Å². The summed E-state index contributed by atoms with van der Waals surface area (Å²) in [6.07, 6.45) is 0. The average molecular weight is 300 g/mol. The lowest BCUT2D eigenvalue weighted by molar-refractivity contribution is -0.118. The van der Waals surface area contributed by atoms with Gasteiger partial charge in [0.1, 0.15) is 0 Å². The van der Waals surface area contributed by atoms with E-state index in [2.05, 4.69) is 15.9 Å². The van der Waals surface area contributed by atoms with Gasteiger partial charge in [0.15, 0.2) is 0 Å². The molecule has 17 heavy (non-hydrogen) atoms. The summed E-state index contributed by atoms with van der Waals surface area (Å²) in [5.41, 5.74) is 11.5. The van der Waals surface area contributed by atoms with E-state index >= 15 is 0 Å². The summed E-state index contributed by atoms with van der Waals surface area (Å²) in [5.74, 6) is -0.848. The van der Waals surface area contributed by atoms with Gasteiger partial charge in [-0.2, -0.15) is 0 Å². The van der Waals surface area contributed by atoms with E-state index in [0.29, 0.717) is 17.8 Å². The van der Waals surface area contributed by atoms with Crippen LogP contribution in [-0.4, -0.2) is 29.8 Å². The number of carbonyl (C=O) groups excluding carboxylic acids is 2. The fourth-order valence-corrected chi connectivity index (χ4v) is 1.76. The van der Waals surface area contributed by atoms with Gasteiger partial charge in [0, 0.05) is 16.7 Å². The molecule has 0 radical (unpaired) electrons. The molecule has 0 aliphatic heterocycles. The molecule has 0 fully saturated rings. The first-order chi connectivity index (χ1) is 7.95. The van der Waals surface area contributed by atoms with Gasteiger partial charge >= 0.3 is 0 Å². The third-order valence-corrected chi connectivity index (χ3v) is 2.75. The molecule has 92 valence electrons. The van der Waals surface area contributed by atoms with E-state index in [1.807, 2.05) is 0 Å². The average Bonchev–Trinajstić information content (AvgIpc) is 2.28. The Labute approximate surface area is 108 Å². The Balaban J connectivity index is 3.01. The molecule has 0 saturated heterocycles. The number of anilines is 1. The highest BCUT2D eigenvalue weighted by atomic mass is 79.9. The van der Waals surface area contributed by atoms with Crippen LogP contribution >= 0.6 is 15.9 Å². The van der Waals surface area contributed by atoms with Crippen LogP contribution in [0.2, 0.25) is 0 Å². The molecule has 0 aromatic heterocycles. The first kappa shape index (κ1) is 13.5. The van der Waals surface area contributed by atoms with Crippen molar-refractivity contribution in [1.82, 2.24) is 4.90 Å². The van der Waals surface area contributed by atoms with Crippen LogP contribution < -0.4 is 11.5 Å². The highest BCUT2D eigenvalue weighted by molar-refractivity contribution is 9.10. The quantitative estimate of drug-likeness (QED) is 0.812. The van der Waals surface area contributed by atoms with Crippen LogP contribution in [0.15, 0.2) is 22.7 Å². The first-order valence-corrected chi connectivity index (χ1v) is 5.87. The highest BCUT2D eigenvalue weighted by Crippen LogP contribution is 2.19. The largest absolute Gasteiger partial charge is 0.398 e. The lowest BCUT2D eigenvalue weighted by Gasteiger charge is -2.20. The molecule has 0 aliphatic carbocycles. The van der Waals surface area contributed by atoms with Crippen molar-refractivity contribution in [2.24, 2.45) is 5.73 Å². The number of benzene rings is 1. The molecule has 0 aliphatic rings. The summed E-state index contributed by atoms with van der Waals surface area (Å²) in [6.45, 7) is 2.06. The maximum Gasteiger partial charge on any atom is 0.256 e. The number of rotatable bonds is 4. The second kappa shape index (κ2) is 5.67. The number of likely N-dealkylation sites (N-methyl/N-ethyl adjacent to an activating group) is 1. The van der Waals surface area contributed by atoms with Crippen LogP contribution in [0.5, 0.6) is 0 Å². The van der Waals surface area contributed by atoms with Gasteiger partial charge in [-0.25, -0.2) is 0 Å². The smallest absolute Gasteiger partial charge is 0.256 e. The third kappa shape index (κ3) is 3.45. The van der Waals surface area contributed by atoms with E-state index < -0.39 is 5.91 Å². The maximum absolute atomic E-state index is 12.1. The van der Waals surface area contributed by atoms with Crippen molar-refractivity contribution in [1.29, 1.82) is 0 Å². The van der Waals surface area contributed by atoms with Crippen molar-refractivity contribution >= 4 is 33.4 Å². The summed E-state index contributed by atoms with van der Waals surface area (Å²) in [6, 6.07) is 5.01. The number of halogens is 1. The number of primary amides is 1. The van der Waals surface area contributed by atoms with Crippen molar-refractivity contribution in [2.75, 3.05) is 18.8 Å². The molecule has 0 spiro atoms. The fourth-order valence-electron chi connectivity index (χ4n) is 1.40. The van der Waals surface area contributed by atoms with E-state index in [4.69, 9.17) is 11.5 Å². The summed E-state index contributed by atoms with van der Waals surface area (Å²) in [5, 5.41) is 0. The van der Waals surface area contributed by atoms with Gasteiger partial charge in [0.05, 0.1) is 12.1 Å². The topological polar surface area (TPSA) is 89.4 Å². The highest BCUT2D eigenvalue weighted by Gasteiger charge is 2.18. The summed E-state index contributed by atoms with van der Waals surface area (Å²) < 4.78 is 0.755. The molecule has 5 nitrogen and oxygen atoms in total. The molecule has 6 heteroatoms. The Morgan fingerprint density at radius 3 is 2.59 bits per heavy atom. The van der Waals surface area contributed by atoms with Gasteiger partial charge in [-0.3, -0.25) is 9.59 Å². The van der Waals surface area contributed by atoms with E-state index in [0.717, 1.165) is 4.47 Å². The maximum atomic E-state index is 12.1. The van der Waals surface area contributed by atoms with E-state index in [-0.39, 0.29) is 12.5 Å². The SMILES string of the molecule is CCN(CC(N)=O)C(=O)c1cc(Br)ccc1N. The van der Waals surface area contributed by atoms with E-state index in [9.17, 15) is 9.59 Å². The molecule has 1 aromatic carbocycles. The van der Waals surface area contributed by atoms with Crippen molar-refractivity contribution in [2.45, 2.75) is 6.92 Å². The second-order valence-corrected chi connectivity index (χ2v) is 4.43. The monoisotopic (exact) mass is 299 g/mol. The zero-order valence-corrected chi connectivity index (χ0v) is 11.0. The number of nitrogens with zero attached hydrogens (tertiary/aromatic N) is 1. The van der Waals surface area contributed by atoms with Crippen LogP contribution in [0, 0.1) is 0 Å². The number of carbonyl (C=O) groups is 2. The number of nitrogens with two attached hydrogens (primary N) is 2. The molecule has 1 rings (SSSR count). The molecule has 1 aromatic rings. The predicted octanol–water partition coefficient (Wildman–Crippen LogP) is 0.979. The van der Waals surface area contributed by atoms with Gasteiger partial charge in [-0.05, 0) is 25.1 Å². The normalized spacial score (nSPS) is 10.0. The minimum atomic E-state index is -0.547. The Morgan fingerprint density at radius 1 is 1.41 bits per heavy atom. The van der Waals surface area contributed by atoms with Crippen LogP contribution in [0.3, 0.4) is 0 Å². The molecule has 0 heterocycles. The Morgan fingerprint density at radius 2 is 2.06 bits per heavy atom. The van der Waals surface area contributed by atoms with Crippen LogP contribution in [0.1, 0.15) is 17.3 Å². The van der Waals surface area contributed by atoms with Gasteiger partial charge < -0.3 is 16.4 Å². The lowest BCUT2D eigenvalue weighted by Crippen LogP contribution is -2.38. The molecule has 0 unspecified atom stereocenters. The molecule has 2 amide bonds. The molecular formula is C11H14BrN3O2. The molecule has 0 bridgehead atoms. The lowest BCUT2D eigenvalue weighted by atomic mass is 10.1. The summed E-state index contributed by atoms with van der Waals surface area (Å²) in [7, 11) is 0. The second-order valence-electron chi connectivity index (χ2n) is 3.52. The zero-order valence-electron chi connectivity index (χ0n) is 9.44. The molecule has 0 atom stereocenters. The Hall–Kier alpha value is -1.56. The van der Waals surface area contributed by atoms with Gasteiger partial charge in [-0.15, -0.1) is 0 Å². The number of hydrogen-bond acceptors (Lipinski definition) is 3. The van der Waals surface area contributed by atoms with Crippen LogP contribution in [-0.2, 0) is 4.79 Å². The molecule has 4 N–H and O–H groups in total. The summed E-state index contributed by atoms with van der Waals surface area (Å²) >= 11 is 3.27. The standard InChI is InChI=1S/C11H14BrN3O2/c1-2-15(6-10(14)16)11(17)8-5-7(12)3-4-9(8)13/h3-5H,2,6,13H2,1H3,(H2,14,16). The minimum absolute atomic E-state index is 0.110. The van der Waals surface area contributed by atoms with Gasteiger partial charge in [0.2, 0.25) is 5.91 Å². The Bertz CT molecular complexity index is 448. The van der Waals surface area contributed by atoms with Crippen molar-refractivity contribution < 1.29 is 9.59 Å². The van der Waals surface area contributed by atoms with E-state index in [1.165, 1.54) is 4.90 Å². The summed E-state index contributed by atoms with van der Waals surface area (Å²) in [4.78, 5) is 24.3. The van der Waals surface area contributed by atoms with Gasteiger partial charge in [-0.1, -0.05) is 15.9 Å². The van der Waals surface area contributed by atoms with Crippen molar-refractivity contribution in [3.63, 3.8) is 0 Å². The van der Waals surface area contributed by atoms with Crippen molar-refractivity contribution in [3.05, 3.63) is 28.2 Å². The number of amides is 2. The third-order valence-electron chi connectivity index (χ3n) is 2.26. The Kier molecular flexibility index (Phi) is 4.51. The van der Waals surface area contributed by atoms with Crippen LogP contribution in [0.25, 0.3) is 0 Å². The number of hydrogen-bond donors (Lipinski definition) is 2. The molecular weight excluding hydrogens is 286 g/mol. The predicted molar refractivity (Wildman–Crippen MR) is 69.3 cm³/mol.